The number of amides is 1. The van der Waals surface area contributed by atoms with Gasteiger partial charge in [-0.25, -0.2) is 0 Å². The van der Waals surface area contributed by atoms with Gasteiger partial charge < -0.3 is 18.8 Å². The Kier molecular flexibility index (Phi) is 5.56. The Morgan fingerprint density at radius 2 is 1.94 bits per heavy atom. The number of piperidine rings is 1. The highest BCUT2D eigenvalue weighted by atomic mass is 16.7. The van der Waals surface area contributed by atoms with Gasteiger partial charge in [0.25, 0.3) is 0 Å². The molecule has 2 aliphatic rings. The summed E-state index contributed by atoms with van der Waals surface area (Å²) < 4.78 is 16.8. The number of aryl methyl sites for hydroxylation is 1. The number of rotatable bonds is 6. The van der Waals surface area contributed by atoms with Gasteiger partial charge in [-0.05, 0) is 49.4 Å². The number of hydrogen-bond acceptors (Lipinski definition) is 6. The van der Waals surface area contributed by atoms with Crippen LogP contribution in [0.3, 0.4) is 0 Å². The number of hydrogen-bond donors (Lipinski definition) is 0. The summed E-state index contributed by atoms with van der Waals surface area (Å²) in [6, 6.07) is 15.9. The maximum atomic E-state index is 12.7. The number of carbonyl (C=O) groups excluding carboxylic acids is 1. The summed E-state index contributed by atoms with van der Waals surface area (Å²) in [6.45, 7) is 1.65. The average molecular weight is 419 g/mol. The van der Waals surface area contributed by atoms with Crippen molar-refractivity contribution in [1.82, 2.24) is 15.1 Å². The van der Waals surface area contributed by atoms with Gasteiger partial charge in [0.2, 0.25) is 24.5 Å². The van der Waals surface area contributed by atoms with E-state index in [0.29, 0.717) is 30.5 Å². The van der Waals surface area contributed by atoms with Crippen LogP contribution in [0.5, 0.6) is 11.5 Å². The molecule has 0 aliphatic carbocycles. The number of likely N-dealkylation sites (tertiary alicyclic amines) is 1. The lowest BCUT2D eigenvalue weighted by atomic mass is 9.97. The van der Waals surface area contributed by atoms with E-state index in [2.05, 4.69) is 22.3 Å². The van der Waals surface area contributed by atoms with Crippen LogP contribution in [0.15, 0.2) is 52.9 Å². The van der Waals surface area contributed by atoms with Crippen molar-refractivity contribution in [3.05, 3.63) is 60.0 Å². The van der Waals surface area contributed by atoms with Crippen molar-refractivity contribution in [2.45, 2.75) is 38.0 Å². The molecule has 1 atom stereocenters. The SMILES string of the molecule is O=C(CCCc1ccccc1)N1CCCC(c2nnc(-c3ccc4c(c3)OCO4)o2)C1. The minimum atomic E-state index is 0.0714. The predicted octanol–water partition coefficient (Wildman–Crippen LogP) is 4.19. The Hall–Kier alpha value is -3.35. The summed E-state index contributed by atoms with van der Waals surface area (Å²) in [6.07, 6.45) is 4.23. The van der Waals surface area contributed by atoms with E-state index in [1.807, 2.05) is 41.3 Å². The molecule has 31 heavy (non-hydrogen) atoms. The van der Waals surface area contributed by atoms with E-state index in [0.717, 1.165) is 43.5 Å². The van der Waals surface area contributed by atoms with Gasteiger partial charge in [-0.3, -0.25) is 4.79 Å². The molecular weight excluding hydrogens is 394 g/mol. The van der Waals surface area contributed by atoms with Gasteiger partial charge in [0.05, 0.1) is 5.92 Å². The molecule has 2 aromatic carbocycles. The normalized spacial score (nSPS) is 17.7. The molecule has 3 heterocycles. The average Bonchev–Trinajstić information content (AvgIpc) is 3.49. The molecule has 3 aromatic rings. The van der Waals surface area contributed by atoms with Gasteiger partial charge >= 0.3 is 0 Å². The van der Waals surface area contributed by atoms with Crippen molar-refractivity contribution in [1.29, 1.82) is 0 Å². The highest BCUT2D eigenvalue weighted by molar-refractivity contribution is 5.76. The summed E-state index contributed by atoms with van der Waals surface area (Å²) in [5.41, 5.74) is 2.07. The summed E-state index contributed by atoms with van der Waals surface area (Å²) >= 11 is 0. The maximum absolute atomic E-state index is 12.7. The lowest BCUT2D eigenvalue weighted by Gasteiger charge is -2.31. The van der Waals surface area contributed by atoms with Crippen LogP contribution < -0.4 is 9.47 Å². The van der Waals surface area contributed by atoms with Crippen molar-refractivity contribution < 1.29 is 18.7 Å². The molecule has 7 nitrogen and oxygen atoms in total. The van der Waals surface area contributed by atoms with E-state index in [1.165, 1.54) is 5.56 Å². The molecule has 0 radical (unpaired) electrons. The molecular formula is C24H25N3O4. The van der Waals surface area contributed by atoms with Crippen LogP contribution >= 0.6 is 0 Å². The first kappa shape index (κ1) is 19.6. The highest BCUT2D eigenvalue weighted by Gasteiger charge is 2.28. The van der Waals surface area contributed by atoms with Crippen molar-refractivity contribution in [3.8, 4) is 23.0 Å². The van der Waals surface area contributed by atoms with Crippen LogP contribution in [0.25, 0.3) is 11.5 Å². The second-order valence-corrected chi connectivity index (χ2v) is 8.03. The number of fused-ring (bicyclic) bond motifs is 1. The van der Waals surface area contributed by atoms with Crippen LogP contribution in [0.1, 0.15) is 43.1 Å². The molecule has 0 bridgehead atoms. The molecule has 1 unspecified atom stereocenters. The molecule has 5 rings (SSSR count). The Morgan fingerprint density at radius 1 is 1.06 bits per heavy atom. The first-order valence-corrected chi connectivity index (χ1v) is 10.8. The summed E-state index contributed by atoms with van der Waals surface area (Å²) in [5.74, 6) is 2.73. The minimum absolute atomic E-state index is 0.0714. The maximum Gasteiger partial charge on any atom is 0.247 e. The van der Waals surface area contributed by atoms with E-state index in [4.69, 9.17) is 13.9 Å². The fourth-order valence-corrected chi connectivity index (χ4v) is 4.20. The Bertz CT molecular complexity index is 1050. The molecule has 160 valence electrons. The summed E-state index contributed by atoms with van der Waals surface area (Å²) in [4.78, 5) is 14.7. The van der Waals surface area contributed by atoms with Gasteiger partial charge in [0, 0.05) is 25.1 Å². The monoisotopic (exact) mass is 419 g/mol. The fraction of sp³-hybridized carbons (Fsp3) is 0.375. The van der Waals surface area contributed by atoms with Gasteiger partial charge in [-0.15, -0.1) is 10.2 Å². The largest absolute Gasteiger partial charge is 0.454 e. The molecule has 0 spiro atoms. The first-order valence-electron chi connectivity index (χ1n) is 10.8. The van der Waals surface area contributed by atoms with Gasteiger partial charge in [-0.2, -0.15) is 0 Å². The minimum Gasteiger partial charge on any atom is -0.454 e. The van der Waals surface area contributed by atoms with Crippen LogP contribution in [0.4, 0.5) is 0 Å². The third kappa shape index (κ3) is 4.40. The van der Waals surface area contributed by atoms with E-state index in [1.54, 1.807) is 0 Å². The predicted molar refractivity (Wildman–Crippen MR) is 114 cm³/mol. The number of benzene rings is 2. The number of nitrogens with zero attached hydrogens (tertiary/aromatic N) is 3. The zero-order chi connectivity index (χ0) is 21.0. The highest BCUT2D eigenvalue weighted by Crippen LogP contribution is 2.36. The summed E-state index contributed by atoms with van der Waals surface area (Å²) in [7, 11) is 0. The first-order chi connectivity index (χ1) is 15.3. The Balaban J connectivity index is 1.19. The van der Waals surface area contributed by atoms with Crippen molar-refractivity contribution in [2.75, 3.05) is 19.9 Å². The smallest absolute Gasteiger partial charge is 0.247 e. The lowest BCUT2D eigenvalue weighted by molar-refractivity contribution is -0.132. The topological polar surface area (TPSA) is 77.7 Å². The molecule has 7 heteroatoms. The van der Waals surface area contributed by atoms with E-state index in [-0.39, 0.29) is 18.6 Å². The zero-order valence-electron chi connectivity index (χ0n) is 17.3. The number of carbonyl (C=O) groups is 1. The second kappa shape index (κ2) is 8.79. The fourth-order valence-electron chi connectivity index (χ4n) is 4.20. The lowest BCUT2D eigenvalue weighted by Crippen LogP contribution is -2.39. The second-order valence-electron chi connectivity index (χ2n) is 8.03. The third-order valence-electron chi connectivity index (χ3n) is 5.88. The van der Waals surface area contributed by atoms with Gasteiger partial charge in [0.15, 0.2) is 11.5 Å². The van der Waals surface area contributed by atoms with Crippen LogP contribution in [0.2, 0.25) is 0 Å². The van der Waals surface area contributed by atoms with Crippen LogP contribution in [-0.4, -0.2) is 40.9 Å². The zero-order valence-corrected chi connectivity index (χ0v) is 17.3. The quantitative estimate of drug-likeness (QED) is 0.596. The van der Waals surface area contributed by atoms with E-state index in [9.17, 15) is 4.79 Å². The van der Waals surface area contributed by atoms with Crippen molar-refractivity contribution in [3.63, 3.8) is 0 Å². The van der Waals surface area contributed by atoms with Crippen LogP contribution in [-0.2, 0) is 11.2 Å². The van der Waals surface area contributed by atoms with Crippen molar-refractivity contribution >= 4 is 5.91 Å². The van der Waals surface area contributed by atoms with Gasteiger partial charge in [-0.1, -0.05) is 30.3 Å². The Labute approximate surface area is 181 Å². The molecule has 1 saturated heterocycles. The van der Waals surface area contributed by atoms with Crippen LogP contribution in [0, 0.1) is 0 Å². The number of ether oxygens (including phenoxy) is 2. The molecule has 0 saturated carbocycles. The molecule has 1 aromatic heterocycles. The van der Waals surface area contributed by atoms with Crippen molar-refractivity contribution in [2.24, 2.45) is 0 Å². The third-order valence-corrected chi connectivity index (χ3v) is 5.88. The standard InChI is InChI=1S/C24H25N3O4/c28-22(10-4-8-17-6-2-1-3-7-17)27-13-5-9-19(15-27)24-26-25-23(31-24)18-11-12-20-21(14-18)30-16-29-20/h1-3,6-7,11-12,14,19H,4-5,8-10,13,15-16H2. The van der Waals surface area contributed by atoms with E-state index < -0.39 is 0 Å². The van der Waals surface area contributed by atoms with Gasteiger partial charge in [0.1, 0.15) is 0 Å². The number of aromatic nitrogens is 2. The molecule has 1 amide bonds. The molecule has 1 fully saturated rings. The Morgan fingerprint density at radius 3 is 2.84 bits per heavy atom. The summed E-state index contributed by atoms with van der Waals surface area (Å²) in [5, 5.41) is 8.50. The molecule has 2 aliphatic heterocycles. The molecule has 0 N–H and O–H groups in total. The van der Waals surface area contributed by atoms with E-state index >= 15 is 0 Å².